The van der Waals surface area contributed by atoms with Crippen LogP contribution in [-0.2, 0) is 14.3 Å². The van der Waals surface area contributed by atoms with Crippen molar-refractivity contribution in [2.45, 2.75) is 18.6 Å². The molecule has 7 nitrogen and oxygen atoms in total. The van der Waals surface area contributed by atoms with Gasteiger partial charge in [-0.1, -0.05) is 48.5 Å². The average Bonchev–Trinajstić information content (AvgIpc) is 3.29. The van der Waals surface area contributed by atoms with Crippen LogP contribution in [0.3, 0.4) is 0 Å². The second-order valence-corrected chi connectivity index (χ2v) is 10.8. The first-order valence-electron chi connectivity index (χ1n) is 13.2. The molecule has 10 heteroatoms. The Hall–Kier alpha value is -4.02. The second kappa shape index (κ2) is 12.7. The van der Waals surface area contributed by atoms with Crippen molar-refractivity contribution in [3.63, 3.8) is 0 Å². The molecule has 0 radical (unpaired) electrons. The number of amides is 2. The number of rotatable bonds is 9. The molecule has 1 aliphatic rings. The van der Waals surface area contributed by atoms with Crippen LogP contribution in [0.5, 0.6) is 0 Å². The lowest BCUT2D eigenvalue weighted by Crippen LogP contribution is -2.42. The normalized spacial score (nSPS) is 15.0. The fourth-order valence-electron chi connectivity index (χ4n) is 4.87. The molecule has 41 heavy (non-hydrogen) atoms. The number of nitrogens with one attached hydrogen (secondary N) is 1. The number of hydrogen-bond donors (Lipinski definition) is 1. The number of nitrogens with zero attached hydrogens (tertiary/aromatic N) is 3. The number of carbonyl (C=O) groups is 2. The topological polar surface area (TPSA) is 76.5 Å². The van der Waals surface area contributed by atoms with Gasteiger partial charge in [-0.3, -0.25) is 14.5 Å². The number of anilines is 1. The maximum Gasteiger partial charge on any atom is 0.240 e. The average molecular weight is 577 g/mol. The van der Waals surface area contributed by atoms with Crippen molar-refractivity contribution in [1.29, 1.82) is 0 Å². The molecule has 0 saturated heterocycles. The summed E-state index contributed by atoms with van der Waals surface area (Å²) in [6.45, 7) is 2.60. The minimum Gasteiger partial charge on any atom is -0.385 e. The summed E-state index contributed by atoms with van der Waals surface area (Å²) in [4.78, 5) is 28.2. The zero-order chi connectivity index (χ0) is 28.9. The van der Waals surface area contributed by atoms with E-state index in [1.165, 1.54) is 28.8 Å². The molecule has 4 aromatic rings. The zero-order valence-corrected chi connectivity index (χ0v) is 23.6. The smallest absolute Gasteiger partial charge is 0.240 e. The number of aromatic nitrogens is 2. The first-order chi connectivity index (χ1) is 19.9. The van der Waals surface area contributed by atoms with Crippen LogP contribution in [-0.4, -0.2) is 54.2 Å². The van der Waals surface area contributed by atoms with Gasteiger partial charge < -0.3 is 10.1 Å². The van der Waals surface area contributed by atoms with Gasteiger partial charge in [0.2, 0.25) is 11.8 Å². The highest BCUT2D eigenvalue weighted by Gasteiger charge is 2.38. The molecule has 1 atom stereocenters. The van der Waals surface area contributed by atoms with Crippen molar-refractivity contribution < 1.29 is 23.1 Å². The molecule has 2 amide bonds. The number of aryl methyl sites for hydroxylation is 1. The molecular weight excluding hydrogens is 546 g/mol. The second-order valence-electron chi connectivity index (χ2n) is 9.74. The number of halogens is 2. The van der Waals surface area contributed by atoms with Gasteiger partial charge in [-0.2, -0.15) is 5.10 Å². The Morgan fingerprint density at radius 3 is 2.63 bits per heavy atom. The first kappa shape index (κ1) is 28.5. The largest absolute Gasteiger partial charge is 0.385 e. The van der Waals surface area contributed by atoms with Crippen molar-refractivity contribution >= 4 is 29.4 Å². The summed E-state index contributed by atoms with van der Waals surface area (Å²) in [5.74, 6) is -1.70. The van der Waals surface area contributed by atoms with Gasteiger partial charge in [0.05, 0.1) is 22.4 Å². The Labute approximate surface area is 241 Å². The van der Waals surface area contributed by atoms with E-state index in [0.717, 1.165) is 17.2 Å². The van der Waals surface area contributed by atoms with E-state index < -0.39 is 16.9 Å². The Morgan fingerprint density at radius 1 is 1.10 bits per heavy atom. The van der Waals surface area contributed by atoms with Gasteiger partial charge in [-0.05, 0) is 37.1 Å². The van der Waals surface area contributed by atoms with Crippen LogP contribution in [0.2, 0.25) is 0 Å². The Morgan fingerprint density at radius 2 is 1.90 bits per heavy atom. The molecule has 1 N–H and O–H groups in total. The van der Waals surface area contributed by atoms with Gasteiger partial charge in [0.25, 0.3) is 0 Å². The van der Waals surface area contributed by atoms with Crippen LogP contribution >= 0.6 is 11.8 Å². The molecule has 1 aliphatic heterocycles. The summed E-state index contributed by atoms with van der Waals surface area (Å²) in [5, 5.41) is 7.14. The lowest BCUT2D eigenvalue weighted by molar-refractivity contribution is -0.122. The minimum atomic E-state index is -0.715. The monoisotopic (exact) mass is 576 g/mol. The Kier molecular flexibility index (Phi) is 8.80. The highest BCUT2D eigenvalue weighted by Crippen LogP contribution is 2.49. The third kappa shape index (κ3) is 6.18. The number of ether oxygens (including phenoxy) is 1. The molecule has 0 fully saturated rings. The fourth-order valence-corrected chi connectivity index (χ4v) is 6.09. The summed E-state index contributed by atoms with van der Waals surface area (Å²) in [6, 6.07) is 20.5. The van der Waals surface area contributed by atoms with E-state index in [0.29, 0.717) is 42.3 Å². The maximum atomic E-state index is 15.3. The summed E-state index contributed by atoms with van der Waals surface area (Å²) in [7, 11) is 1.59. The van der Waals surface area contributed by atoms with E-state index in [-0.39, 0.29) is 29.7 Å². The number of carbonyl (C=O) groups excluding carboxylic acids is 2. The number of hydrogen-bond acceptors (Lipinski definition) is 5. The number of benzene rings is 3. The molecular formula is C31H30F2N4O3S. The van der Waals surface area contributed by atoms with Gasteiger partial charge in [-0.15, -0.1) is 11.8 Å². The van der Waals surface area contributed by atoms with Crippen molar-refractivity contribution in [2.24, 2.45) is 0 Å². The Balaban J connectivity index is 1.73. The third-order valence-corrected chi connectivity index (χ3v) is 8.01. The predicted molar refractivity (Wildman–Crippen MR) is 156 cm³/mol. The third-order valence-electron chi connectivity index (χ3n) is 6.78. The molecule has 0 bridgehead atoms. The molecule has 212 valence electrons. The lowest BCUT2D eigenvalue weighted by atomic mass is 9.99. The molecule has 1 aromatic heterocycles. The maximum absolute atomic E-state index is 15.3. The van der Waals surface area contributed by atoms with E-state index >= 15 is 4.39 Å². The number of thioether (sulfide) groups is 1. The van der Waals surface area contributed by atoms with E-state index in [1.54, 1.807) is 11.8 Å². The number of fused-ring (bicyclic) bond motifs is 1. The van der Waals surface area contributed by atoms with Gasteiger partial charge in [0, 0.05) is 43.0 Å². The van der Waals surface area contributed by atoms with Crippen molar-refractivity contribution in [3.8, 4) is 16.9 Å². The van der Waals surface area contributed by atoms with Crippen molar-refractivity contribution in [3.05, 3.63) is 101 Å². The van der Waals surface area contributed by atoms with Crippen LogP contribution in [0.15, 0.2) is 72.8 Å². The van der Waals surface area contributed by atoms with Crippen LogP contribution in [0, 0.1) is 18.6 Å². The minimum absolute atomic E-state index is 0.0187. The summed E-state index contributed by atoms with van der Waals surface area (Å²) >= 11 is 1.23. The standard InChI is InChI=1S/C31H30F2N4O3S/c1-20-8-6-11-23(16-20)37-31-28(29(35-37)21-9-4-3-5-10-21)30(24-13-12-22(32)17-25(24)33)41-19-27(39)36(31)18-26(38)34-14-7-15-40-2/h3-6,8-13,16-17,30H,7,14-15,18-19H2,1-2H3,(H,34,38). The van der Waals surface area contributed by atoms with Crippen LogP contribution in [0.4, 0.5) is 14.6 Å². The SMILES string of the molecule is COCCCNC(=O)CN1C(=O)CSC(c2ccc(F)cc2F)c2c(-c3ccccc3)nn(-c3cccc(C)c3)c21. The molecule has 1 unspecified atom stereocenters. The van der Waals surface area contributed by atoms with E-state index in [9.17, 15) is 14.0 Å². The van der Waals surface area contributed by atoms with E-state index in [4.69, 9.17) is 9.84 Å². The highest BCUT2D eigenvalue weighted by atomic mass is 32.2. The fraction of sp³-hybridized carbons (Fsp3) is 0.258. The zero-order valence-electron chi connectivity index (χ0n) is 22.8. The van der Waals surface area contributed by atoms with Crippen LogP contribution < -0.4 is 10.2 Å². The van der Waals surface area contributed by atoms with Gasteiger partial charge in [0.1, 0.15) is 24.0 Å². The molecule has 0 aliphatic carbocycles. The highest BCUT2D eigenvalue weighted by molar-refractivity contribution is 8.00. The van der Waals surface area contributed by atoms with Gasteiger partial charge in [0.15, 0.2) is 0 Å². The van der Waals surface area contributed by atoms with Gasteiger partial charge in [-0.25, -0.2) is 13.5 Å². The molecule has 5 rings (SSSR count). The summed E-state index contributed by atoms with van der Waals surface area (Å²) in [6.07, 6.45) is 0.628. The Bertz CT molecular complexity index is 1560. The molecule has 2 heterocycles. The summed E-state index contributed by atoms with van der Waals surface area (Å²) < 4.78 is 36.0. The van der Waals surface area contributed by atoms with Crippen LogP contribution in [0.1, 0.15) is 28.4 Å². The van der Waals surface area contributed by atoms with Crippen molar-refractivity contribution in [1.82, 2.24) is 15.1 Å². The van der Waals surface area contributed by atoms with Crippen LogP contribution in [0.25, 0.3) is 16.9 Å². The molecule has 3 aromatic carbocycles. The molecule has 0 saturated carbocycles. The predicted octanol–water partition coefficient (Wildman–Crippen LogP) is 5.45. The molecule has 0 spiro atoms. The first-order valence-corrected chi connectivity index (χ1v) is 14.3. The van der Waals surface area contributed by atoms with E-state index in [1.807, 2.05) is 61.5 Å². The number of methoxy groups -OCH3 is 1. The quantitative estimate of drug-likeness (QED) is 0.268. The van der Waals surface area contributed by atoms with E-state index in [2.05, 4.69) is 5.32 Å². The van der Waals surface area contributed by atoms with Crippen molar-refractivity contribution in [2.75, 3.05) is 37.5 Å². The summed E-state index contributed by atoms with van der Waals surface area (Å²) in [5.41, 5.74) is 3.78. The van der Waals surface area contributed by atoms with Gasteiger partial charge >= 0.3 is 0 Å². The lowest BCUT2D eigenvalue weighted by Gasteiger charge is -2.23.